The molecule has 0 heterocycles. The Bertz CT molecular complexity index is 364. The van der Waals surface area contributed by atoms with Crippen LogP contribution in [0.4, 0.5) is 0 Å². The third kappa shape index (κ3) is 5.50. The van der Waals surface area contributed by atoms with Gasteiger partial charge in [-0.1, -0.05) is 56.4 Å². The minimum Gasteiger partial charge on any atom is -0.321 e. The molecule has 0 saturated carbocycles. The first-order valence-corrected chi connectivity index (χ1v) is 6.56. The normalized spacial score (nSPS) is 14.4. The molecule has 0 aliphatic rings. The second-order valence-electron chi connectivity index (χ2n) is 5.36. The largest absolute Gasteiger partial charge is 0.321 e. The Labute approximate surface area is 111 Å². The van der Waals surface area contributed by atoms with E-state index in [1.54, 1.807) is 0 Å². The first kappa shape index (κ1) is 15.0. The molecule has 1 aromatic carbocycles. The van der Waals surface area contributed by atoms with E-state index in [0.29, 0.717) is 18.8 Å². The van der Waals surface area contributed by atoms with Crippen LogP contribution in [-0.2, 0) is 11.2 Å². The molecule has 1 unspecified atom stereocenters. The van der Waals surface area contributed by atoms with Gasteiger partial charge in [-0.2, -0.15) is 0 Å². The molecular formula is C15H22BNO. The molecule has 0 bridgehead atoms. The molecule has 96 valence electrons. The van der Waals surface area contributed by atoms with Gasteiger partial charge >= 0.3 is 0 Å². The van der Waals surface area contributed by atoms with Crippen molar-refractivity contribution in [2.24, 2.45) is 11.7 Å². The van der Waals surface area contributed by atoms with E-state index in [-0.39, 0.29) is 11.6 Å². The molecule has 2 atom stereocenters. The number of rotatable bonds is 7. The maximum Gasteiger partial charge on any atom is 0.149 e. The van der Waals surface area contributed by atoms with Gasteiger partial charge in [-0.25, -0.2) is 0 Å². The monoisotopic (exact) mass is 243 g/mol. The van der Waals surface area contributed by atoms with Gasteiger partial charge < -0.3 is 5.73 Å². The van der Waals surface area contributed by atoms with E-state index in [0.717, 1.165) is 12.0 Å². The van der Waals surface area contributed by atoms with Gasteiger partial charge in [0, 0.05) is 6.42 Å². The SMILES string of the molecule is [B]C(CC(=O)[C@@H](N)Cc1ccccc1)CC(C)C. The molecule has 2 radical (unpaired) electrons. The van der Waals surface area contributed by atoms with E-state index in [1.165, 1.54) is 0 Å². The van der Waals surface area contributed by atoms with Crippen molar-refractivity contribution in [2.75, 3.05) is 0 Å². The van der Waals surface area contributed by atoms with Crippen molar-refractivity contribution >= 4 is 13.6 Å². The summed E-state index contributed by atoms with van der Waals surface area (Å²) in [6.07, 6.45) is 1.84. The fraction of sp³-hybridized carbons (Fsp3) is 0.533. The van der Waals surface area contributed by atoms with E-state index in [9.17, 15) is 4.79 Å². The van der Waals surface area contributed by atoms with Crippen molar-refractivity contribution < 1.29 is 4.79 Å². The molecule has 2 N–H and O–H groups in total. The fourth-order valence-electron chi connectivity index (χ4n) is 2.08. The molecule has 2 nitrogen and oxygen atoms in total. The van der Waals surface area contributed by atoms with Crippen LogP contribution in [0, 0.1) is 5.92 Å². The minimum absolute atomic E-state index is 0.0620. The van der Waals surface area contributed by atoms with Crippen LogP contribution in [0.15, 0.2) is 30.3 Å². The van der Waals surface area contributed by atoms with Crippen LogP contribution in [0.5, 0.6) is 0 Å². The fourth-order valence-corrected chi connectivity index (χ4v) is 2.08. The lowest BCUT2D eigenvalue weighted by molar-refractivity contribution is -0.120. The third-order valence-corrected chi connectivity index (χ3v) is 2.95. The Morgan fingerprint density at radius 1 is 1.28 bits per heavy atom. The van der Waals surface area contributed by atoms with Gasteiger partial charge in [0.15, 0.2) is 0 Å². The lowest BCUT2D eigenvalue weighted by atomic mass is 9.76. The number of benzene rings is 1. The van der Waals surface area contributed by atoms with E-state index >= 15 is 0 Å². The van der Waals surface area contributed by atoms with Gasteiger partial charge in [0.2, 0.25) is 0 Å². The standard InChI is InChI=1S/C15H22BNO/c1-11(2)8-13(16)10-15(18)14(17)9-12-6-4-3-5-7-12/h3-7,11,13-14H,8-10,17H2,1-2H3/t13?,14-/m0/s1. The molecule has 0 saturated heterocycles. The van der Waals surface area contributed by atoms with Crippen molar-refractivity contribution in [2.45, 2.75) is 45.0 Å². The molecular weight excluding hydrogens is 221 g/mol. The quantitative estimate of drug-likeness (QED) is 0.748. The Morgan fingerprint density at radius 2 is 1.89 bits per heavy atom. The smallest absolute Gasteiger partial charge is 0.149 e. The summed E-state index contributed by atoms with van der Waals surface area (Å²) in [5.41, 5.74) is 7.02. The van der Waals surface area contributed by atoms with Crippen molar-refractivity contribution in [3.05, 3.63) is 35.9 Å². The summed E-state index contributed by atoms with van der Waals surface area (Å²) >= 11 is 0. The topological polar surface area (TPSA) is 43.1 Å². The maximum atomic E-state index is 11.9. The predicted molar refractivity (Wildman–Crippen MR) is 76.7 cm³/mol. The zero-order valence-corrected chi connectivity index (χ0v) is 11.3. The minimum atomic E-state index is -0.439. The van der Waals surface area contributed by atoms with Gasteiger partial charge in [0.05, 0.1) is 13.9 Å². The Kier molecular flexibility index (Phi) is 6.13. The van der Waals surface area contributed by atoms with Crippen molar-refractivity contribution in [3.63, 3.8) is 0 Å². The summed E-state index contributed by atoms with van der Waals surface area (Å²) in [4.78, 5) is 11.9. The van der Waals surface area contributed by atoms with Crippen molar-refractivity contribution in [3.8, 4) is 0 Å². The highest BCUT2D eigenvalue weighted by Crippen LogP contribution is 2.18. The number of Topliss-reactive ketones (excluding diaryl/α,β-unsaturated/α-hetero) is 1. The number of hydrogen-bond donors (Lipinski definition) is 1. The lowest BCUT2D eigenvalue weighted by Gasteiger charge is -2.16. The van der Waals surface area contributed by atoms with Crippen molar-refractivity contribution in [1.29, 1.82) is 0 Å². The van der Waals surface area contributed by atoms with Crippen LogP contribution >= 0.6 is 0 Å². The number of nitrogens with two attached hydrogens (primary N) is 1. The summed E-state index contributed by atoms with van der Waals surface area (Å²) in [6, 6.07) is 9.40. The van der Waals surface area contributed by atoms with Crippen LogP contribution in [-0.4, -0.2) is 19.7 Å². The molecule has 1 aromatic rings. The number of carbonyl (C=O) groups excluding carboxylic acids is 1. The highest BCUT2D eigenvalue weighted by molar-refractivity contribution is 6.13. The van der Waals surface area contributed by atoms with Gasteiger partial charge in [-0.3, -0.25) is 4.79 Å². The first-order chi connectivity index (χ1) is 8.49. The molecule has 18 heavy (non-hydrogen) atoms. The number of ketones is 1. The number of carbonyl (C=O) groups is 1. The summed E-state index contributed by atoms with van der Waals surface area (Å²) in [6.45, 7) is 4.21. The van der Waals surface area contributed by atoms with E-state index < -0.39 is 6.04 Å². The first-order valence-electron chi connectivity index (χ1n) is 6.56. The molecule has 0 spiro atoms. The van der Waals surface area contributed by atoms with Crippen LogP contribution in [0.1, 0.15) is 32.3 Å². The molecule has 3 heteroatoms. The Balaban J connectivity index is 2.42. The second-order valence-corrected chi connectivity index (χ2v) is 5.36. The predicted octanol–water partition coefficient (Wildman–Crippen LogP) is 2.52. The average molecular weight is 243 g/mol. The molecule has 1 rings (SSSR count). The van der Waals surface area contributed by atoms with E-state index in [4.69, 9.17) is 13.6 Å². The van der Waals surface area contributed by atoms with Crippen molar-refractivity contribution in [1.82, 2.24) is 0 Å². The average Bonchev–Trinajstić information content (AvgIpc) is 2.28. The Morgan fingerprint density at radius 3 is 2.44 bits per heavy atom. The molecule has 0 amide bonds. The van der Waals surface area contributed by atoms with E-state index in [2.05, 4.69) is 13.8 Å². The number of hydrogen-bond acceptors (Lipinski definition) is 2. The van der Waals surface area contributed by atoms with Gasteiger partial charge in [-0.15, -0.1) is 0 Å². The molecule has 0 fully saturated rings. The maximum absolute atomic E-state index is 11.9. The van der Waals surface area contributed by atoms with Gasteiger partial charge in [0.25, 0.3) is 0 Å². The summed E-state index contributed by atoms with van der Waals surface area (Å²) in [7, 11) is 5.93. The summed E-state index contributed by atoms with van der Waals surface area (Å²) < 4.78 is 0. The Hall–Kier alpha value is -1.09. The zero-order chi connectivity index (χ0) is 13.5. The second kappa shape index (κ2) is 7.37. The highest BCUT2D eigenvalue weighted by Gasteiger charge is 2.17. The molecule has 0 aliphatic heterocycles. The lowest BCUT2D eigenvalue weighted by Crippen LogP contribution is -2.33. The van der Waals surface area contributed by atoms with Gasteiger partial charge in [0.1, 0.15) is 5.78 Å². The van der Waals surface area contributed by atoms with Crippen LogP contribution in [0.2, 0.25) is 5.82 Å². The molecule has 0 aliphatic carbocycles. The molecule has 0 aromatic heterocycles. The highest BCUT2D eigenvalue weighted by atomic mass is 16.1. The zero-order valence-electron chi connectivity index (χ0n) is 11.3. The van der Waals surface area contributed by atoms with Crippen LogP contribution in [0.3, 0.4) is 0 Å². The van der Waals surface area contributed by atoms with Gasteiger partial charge in [-0.05, 0) is 17.9 Å². The van der Waals surface area contributed by atoms with Crippen LogP contribution < -0.4 is 5.73 Å². The summed E-state index contributed by atoms with van der Waals surface area (Å²) in [5.74, 6) is 0.504. The van der Waals surface area contributed by atoms with E-state index in [1.807, 2.05) is 30.3 Å². The third-order valence-electron chi connectivity index (χ3n) is 2.95. The van der Waals surface area contributed by atoms with Crippen LogP contribution in [0.25, 0.3) is 0 Å². The summed E-state index contributed by atoms with van der Waals surface area (Å²) in [5, 5.41) is 0.